The fourth-order valence-corrected chi connectivity index (χ4v) is 1.84. The molecule has 5 nitrogen and oxygen atoms in total. The number of barbiturate groups is 1. The number of halogens is 2. The lowest BCUT2D eigenvalue weighted by molar-refractivity contribution is -0.123. The molecule has 1 saturated heterocycles. The Morgan fingerprint density at radius 3 is 2.17 bits per heavy atom. The van der Waals surface area contributed by atoms with Gasteiger partial charge in [-0.3, -0.25) is 20.2 Å². The summed E-state index contributed by atoms with van der Waals surface area (Å²) in [5.41, 5.74) is 0.259. The second-order valence-electron chi connectivity index (χ2n) is 3.46. The second kappa shape index (κ2) is 4.80. The minimum Gasteiger partial charge on any atom is -0.273 e. The molecule has 0 unspecified atom stereocenters. The third-order valence-corrected chi connectivity index (χ3v) is 2.77. The van der Waals surface area contributed by atoms with Crippen molar-refractivity contribution in [3.8, 4) is 0 Å². The average molecular weight is 285 g/mol. The highest BCUT2D eigenvalue weighted by Crippen LogP contribution is 2.23. The first-order valence-corrected chi connectivity index (χ1v) is 5.56. The number of hydrogen-bond acceptors (Lipinski definition) is 3. The Kier molecular flexibility index (Phi) is 3.36. The predicted molar refractivity (Wildman–Crippen MR) is 66.1 cm³/mol. The Balaban J connectivity index is 2.40. The molecule has 0 aliphatic carbocycles. The van der Waals surface area contributed by atoms with Crippen LogP contribution in [0, 0.1) is 0 Å². The summed E-state index contributed by atoms with van der Waals surface area (Å²) in [4.78, 5) is 33.8. The standard InChI is InChI=1S/C11H6Cl2N2O3/c12-6-2-1-5(8(13)4-6)3-7-9(16)14-11(18)15-10(7)17/h1-4H,(H2,14,15,16,17,18). The van der Waals surface area contributed by atoms with Crippen molar-refractivity contribution in [2.24, 2.45) is 0 Å². The molecule has 92 valence electrons. The van der Waals surface area contributed by atoms with Crippen LogP contribution >= 0.6 is 23.2 Å². The lowest BCUT2D eigenvalue weighted by Gasteiger charge is -2.14. The molecule has 0 saturated carbocycles. The first kappa shape index (κ1) is 12.6. The second-order valence-corrected chi connectivity index (χ2v) is 4.30. The summed E-state index contributed by atoms with van der Waals surface area (Å²) >= 11 is 11.6. The van der Waals surface area contributed by atoms with Gasteiger partial charge in [-0.25, -0.2) is 4.79 Å². The molecule has 0 spiro atoms. The minimum absolute atomic E-state index is 0.196. The van der Waals surface area contributed by atoms with Crippen LogP contribution in [0.3, 0.4) is 0 Å². The maximum atomic E-state index is 11.5. The zero-order valence-corrected chi connectivity index (χ0v) is 10.3. The van der Waals surface area contributed by atoms with E-state index in [0.29, 0.717) is 15.6 Å². The zero-order valence-electron chi connectivity index (χ0n) is 8.79. The van der Waals surface area contributed by atoms with Gasteiger partial charge < -0.3 is 0 Å². The maximum Gasteiger partial charge on any atom is 0.328 e. The van der Waals surface area contributed by atoms with Crippen molar-refractivity contribution >= 4 is 47.1 Å². The minimum atomic E-state index is -0.843. The average Bonchev–Trinajstić information content (AvgIpc) is 2.25. The number of carbonyl (C=O) groups excluding carboxylic acids is 3. The summed E-state index contributed by atoms with van der Waals surface area (Å²) in [5.74, 6) is -1.54. The predicted octanol–water partition coefficient (Wildman–Crippen LogP) is 1.74. The third-order valence-electron chi connectivity index (χ3n) is 2.21. The van der Waals surface area contributed by atoms with Crippen molar-refractivity contribution < 1.29 is 14.4 Å². The molecule has 1 fully saturated rings. The molecule has 7 heteroatoms. The molecule has 0 radical (unpaired) electrons. The Labute approximate surface area is 112 Å². The Bertz CT molecular complexity index is 574. The van der Waals surface area contributed by atoms with E-state index in [0.717, 1.165) is 0 Å². The van der Waals surface area contributed by atoms with Gasteiger partial charge in [0.1, 0.15) is 5.57 Å². The number of benzene rings is 1. The third kappa shape index (κ3) is 2.52. The largest absolute Gasteiger partial charge is 0.328 e. The Morgan fingerprint density at radius 1 is 1.00 bits per heavy atom. The van der Waals surface area contributed by atoms with Crippen molar-refractivity contribution in [2.75, 3.05) is 0 Å². The van der Waals surface area contributed by atoms with E-state index in [4.69, 9.17) is 23.2 Å². The summed E-state index contributed by atoms with van der Waals surface area (Å²) < 4.78 is 0. The van der Waals surface area contributed by atoms with Gasteiger partial charge in [0.05, 0.1) is 0 Å². The maximum absolute atomic E-state index is 11.5. The molecule has 1 aromatic carbocycles. The molecule has 1 aliphatic rings. The van der Waals surface area contributed by atoms with Crippen molar-refractivity contribution in [3.63, 3.8) is 0 Å². The molecule has 0 bridgehead atoms. The number of amides is 4. The number of imide groups is 2. The topological polar surface area (TPSA) is 75.3 Å². The van der Waals surface area contributed by atoms with Crippen molar-refractivity contribution in [2.45, 2.75) is 0 Å². The van der Waals surface area contributed by atoms with Crippen LogP contribution in [0.15, 0.2) is 23.8 Å². The Morgan fingerprint density at radius 2 is 1.61 bits per heavy atom. The highest BCUT2D eigenvalue weighted by Gasteiger charge is 2.27. The van der Waals surface area contributed by atoms with Crippen molar-refractivity contribution in [1.29, 1.82) is 0 Å². The van der Waals surface area contributed by atoms with Crippen LogP contribution < -0.4 is 10.6 Å². The van der Waals surface area contributed by atoms with E-state index < -0.39 is 17.8 Å². The molecular weight excluding hydrogens is 279 g/mol. The van der Waals surface area contributed by atoms with Crippen molar-refractivity contribution in [1.82, 2.24) is 10.6 Å². The quantitative estimate of drug-likeness (QED) is 0.609. The van der Waals surface area contributed by atoms with E-state index in [-0.39, 0.29) is 5.57 Å². The van der Waals surface area contributed by atoms with Crippen LogP contribution in [0.4, 0.5) is 4.79 Å². The fraction of sp³-hybridized carbons (Fsp3) is 0. The SMILES string of the molecule is O=C1NC(=O)C(=Cc2ccc(Cl)cc2Cl)C(=O)N1. The van der Waals surface area contributed by atoms with Crippen LogP contribution in [-0.2, 0) is 9.59 Å². The summed E-state index contributed by atoms with van der Waals surface area (Å²) in [6, 6.07) is 3.78. The van der Waals surface area contributed by atoms with Gasteiger partial charge in [0, 0.05) is 10.0 Å². The van der Waals surface area contributed by atoms with Gasteiger partial charge in [-0.1, -0.05) is 29.3 Å². The zero-order chi connectivity index (χ0) is 13.3. The summed E-state index contributed by atoms with van der Waals surface area (Å²) in [5, 5.41) is 4.67. The van der Waals surface area contributed by atoms with Crippen LogP contribution in [-0.4, -0.2) is 17.8 Å². The van der Waals surface area contributed by atoms with Crippen LogP contribution in [0.2, 0.25) is 10.0 Å². The molecule has 0 atom stereocenters. The summed E-state index contributed by atoms with van der Waals surface area (Å²) in [6.45, 7) is 0. The van der Waals surface area contributed by atoms with Crippen LogP contribution in [0.25, 0.3) is 6.08 Å². The molecule has 18 heavy (non-hydrogen) atoms. The van der Waals surface area contributed by atoms with E-state index in [1.807, 2.05) is 10.6 Å². The van der Waals surface area contributed by atoms with E-state index in [9.17, 15) is 14.4 Å². The lowest BCUT2D eigenvalue weighted by atomic mass is 10.1. The van der Waals surface area contributed by atoms with Gasteiger partial charge in [-0.15, -0.1) is 0 Å². The highest BCUT2D eigenvalue weighted by molar-refractivity contribution is 6.36. The number of rotatable bonds is 1. The summed E-state index contributed by atoms with van der Waals surface area (Å²) in [7, 11) is 0. The highest BCUT2D eigenvalue weighted by atomic mass is 35.5. The molecule has 1 heterocycles. The van der Waals surface area contributed by atoms with Gasteiger partial charge >= 0.3 is 6.03 Å². The molecule has 1 aliphatic heterocycles. The van der Waals surface area contributed by atoms with E-state index in [1.165, 1.54) is 12.1 Å². The molecule has 2 N–H and O–H groups in total. The van der Waals surface area contributed by atoms with Gasteiger partial charge in [0.25, 0.3) is 11.8 Å². The first-order valence-electron chi connectivity index (χ1n) is 4.81. The van der Waals surface area contributed by atoms with Gasteiger partial charge in [-0.2, -0.15) is 0 Å². The first-order chi connectivity index (χ1) is 8.47. The van der Waals surface area contributed by atoms with Gasteiger partial charge in [-0.05, 0) is 23.8 Å². The lowest BCUT2D eigenvalue weighted by Crippen LogP contribution is -2.51. The van der Waals surface area contributed by atoms with Gasteiger partial charge in [0.15, 0.2) is 0 Å². The number of urea groups is 1. The normalized spacial score (nSPS) is 15.2. The molecule has 1 aromatic rings. The van der Waals surface area contributed by atoms with E-state index >= 15 is 0 Å². The number of carbonyl (C=O) groups is 3. The Hall–Kier alpha value is -1.85. The molecule has 2 rings (SSSR count). The van der Waals surface area contributed by atoms with Crippen LogP contribution in [0.1, 0.15) is 5.56 Å². The number of hydrogen-bond donors (Lipinski definition) is 2. The molecule has 0 aromatic heterocycles. The van der Waals surface area contributed by atoms with E-state index in [1.54, 1.807) is 12.1 Å². The van der Waals surface area contributed by atoms with Gasteiger partial charge in [0.2, 0.25) is 0 Å². The van der Waals surface area contributed by atoms with Crippen molar-refractivity contribution in [3.05, 3.63) is 39.4 Å². The molecule has 4 amide bonds. The summed E-state index contributed by atoms with van der Waals surface area (Å²) in [6.07, 6.45) is 1.29. The number of nitrogens with one attached hydrogen (secondary N) is 2. The molecular formula is C11H6Cl2N2O3. The monoisotopic (exact) mass is 284 g/mol. The van der Waals surface area contributed by atoms with E-state index in [2.05, 4.69) is 0 Å². The van der Waals surface area contributed by atoms with Crippen LogP contribution in [0.5, 0.6) is 0 Å². The fourth-order valence-electron chi connectivity index (χ4n) is 1.38. The smallest absolute Gasteiger partial charge is 0.273 e.